The number of nitrogens with zero attached hydrogens (tertiary/aromatic N) is 1. The summed E-state index contributed by atoms with van der Waals surface area (Å²) < 4.78 is 0. The predicted molar refractivity (Wildman–Crippen MR) is 160 cm³/mol. The Morgan fingerprint density at radius 3 is 2.12 bits per heavy atom. The quantitative estimate of drug-likeness (QED) is 0.0602. The van der Waals surface area contributed by atoms with E-state index in [9.17, 15) is 34.2 Å². The van der Waals surface area contributed by atoms with Crippen LogP contribution < -0.4 is 33.2 Å². The molecular formula is C28H42N8O7. The monoisotopic (exact) mass is 602 g/mol. The summed E-state index contributed by atoms with van der Waals surface area (Å²) in [5.74, 6) is -4.80. The second-order valence-electron chi connectivity index (χ2n) is 10.7. The molecule has 1 aromatic heterocycles. The smallest absolute Gasteiger partial charge is 0.326 e. The van der Waals surface area contributed by atoms with Crippen molar-refractivity contribution < 1.29 is 34.2 Å². The number of fused-ring (bicyclic) bond motifs is 1. The fraction of sp³-hybridized carbons (Fsp3) is 0.500. The minimum absolute atomic E-state index is 0.0676. The van der Waals surface area contributed by atoms with Crippen LogP contribution in [0.4, 0.5) is 0 Å². The Morgan fingerprint density at radius 2 is 1.51 bits per heavy atom. The summed E-state index contributed by atoms with van der Waals surface area (Å²) in [7, 11) is 0. The van der Waals surface area contributed by atoms with E-state index in [0.29, 0.717) is 12.0 Å². The van der Waals surface area contributed by atoms with Crippen LogP contribution >= 0.6 is 0 Å². The number of guanidine groups is 1. The van der Waals surface area contributed by atoms with Crippen molar-refractivity contribution >= 4 is 46.5 Å². The summed E-state index contributed by atoms with van der Waals surface area (Å²) in [6, 6.07) is 2.44. The lowest BCUT2D eigenvalue weighted by molar-refractivity contribution is -0.143. The van der Waals surface area contributed by atoms with Crippen molar-refractivity contribution in [3.8, 4) is 0 Å². The van der Waals surface area contributed by atoms with E-state index in [1.54, 1.807) is 12.3 Å². The second-order valence-corrected chi connectivity index (χ2v) is 10.7. The highest BCUT2D eigenvalue weighted by Gasteiger charge is 2.31. The molecule has 12 N–H and O–H groups in total. The molecule has 15 nitrogen and oxygen atoms in total. The molecule has 2 rings (SSSR count). The Kier molecular flexibility index (Phi) is 13.4. The van der Waals surface area contributed by atoms with Crippen molar-refractivity contribution in [2.24, 2.45) is 28.1 Å². The Labute approximate surface area is 249 Å². The summed E-state index contributed by atoms with van der Waals surface area (Å²) in [6.45, 7) is 3.94. The number of nitrogens with one attached hydrogen (secondary N) is 4. The van der Waals surface area contributed by atoms with E-state index in [2.05, 4.69) is 25.9 Å². The van der Waals surface area contributed by atoms with Crippen LogP contribution in [0, 0.1) is 5.92 Å². The van der Waals surface area contributed by atoms with Gasteiger partial charge in [0.1, 0.15) is 18.1 Å². The molecule has 236 valence electrons. The van der Waals surface area contributed by atoms with Gasteiger partial charge >= 0.3 is 11.9 Å². The minimum atomic E-state index is -1.41. The fourth-order valence-electron chi connectivity index (χ4n) is 4.47. The van der Waals surface area contributed by atoms with Gasteiger partial charge in [0.25, 0.3) is 0 Å². The maximum Gasteiger partial charge on any atom is 0.326 e. The fourth-order valence-corrected chi connectivity index (χ4v) is 4.47. The van der Waals surface area contributed by atoms with Crippen LogP contribution in [0.15, 0.2) is 35.5 Å². The van der Waals surface area contributed by atoms with E-state index in [4.69, 9.17) is 17.2 Å². The normalized spacial score (nSPS) is 13.9. The molecule has 0 saturated heterocycles. The summed E-state index contributed by atoms with van der Waals surface area (Å²) in [5.41, 5.74) is 18.1. The number of carboxylic acid groups (broad SMARTS) is 2. The Hall–Kier alpha value is -4.66. The molecule has 2 aromatic rings. The molecule has 0 spiro atoms. The summed E-state index contributed by atoms with van der Waals surface area (Å²) in [6.07, 6.45) is 1.50. The maximum atomic E-state index is 13.3. The highest BCUT2D eigenvalue weighted by atomic mass is 16.4. The lowest BCUT2D eigenvalue weighted by Gasteiger charge is -2.25. The van der Waals surface area contributed by atoms with Gasteiger partial charge in [-0.15, -0.1) is 0 Å². The van der Waals surface area contributed by atoms with Gasteiger partial charge in [0.15, 0.2) is 5.96 Å². The molecule has 0 aliphatic rings. The summed E-state index contributed by atoms with van der Waals surface area (Å²) in [4.78, 5) is 69.6. The van der Waals surface area contributed by atoms with Gasteiger partial charge in [0, 0.05) is 36.5 Å². The van der Waals surface area contributed by atoms with Crippen molar-refractivity contribution in [2.45, 2.75) is 76.5 Å². The van der Waals surface area contributed by atoms with Gasteiger partial charge in [-0.25, -0.2) is 4.79 Å². The highest BCUT2D eigenvalue weighted by molar-refractivity contribution is 5.94. The molecule has 43 heavy (non-hydrogen) atoms. The molecule has 4 atom stereocenters. The zero-order chi connectivity index (χ0) is 32.1. The summed E-state index contributed by atoms with van der Waals surface area (Å²) >= 11 is 0. The number of hydrogen-bond donors (Lipinski definition) is 9. The molecular weight excluding hydrogens is 560 g/mol. The number of aliphatic imine (C=N–C) groups is 1. The first-order valence-electron chi connectivity index (χ1n) is 14.0. The van der Waals surface area contributed by atoms with Crippen molar-refractivity contribution in [3.05, 3.63) is 36.0 Å². The third-order valence-corrected chi connectivity index (χ3v) is 6.63. The molecule has 1 heterocycles. The molecule has 0 saturated carbocycles. The Morgan fingerprint density at radius 1 is 0.907 bits per heavy atom. The number of rotatable bonds is 18. The molecule has 3 amide bonds. The van der Waals surface area contributed by atoms with E-state index in [1.165, 1.54) is 0 Å². The number of aromatic amines is 1. The van der Waals surface area contributed by atoms with Gasteiger partial charge in [-0.3, -0.25) is 24.2 Å². The van der Waals surface area contributed by atoms with Crippen LogP contribution in [-0.2, 0) is 30.4 Å². The third kappa shape index (κ3) is 11.6. The number of amides is 3. The number of hydrogen-bond acceptors (Lipinski definition) is 7. The largest absolute Gasteiger partial charge is 0.481 e. The van der Waals surface area contributed by atoms with Crippen LogP contribution in [-0.4, -0.2) is 81.5 Å². The first-order valence-corrected chi connectivity index (χ1v) is 14.0. The van der Waals surface area contributed by atoms with Gasteiger partial charge in [-0.1, -0.05) is 32.0 Å². The molecule has 0 aliphatic heterocycles. The average molecular weight is 603 g/mol. The number of carbonyl (C=O) groups excluding carboxylic acids is 3. The number of H-pyrrole nitrogens is 1. The van der Waals surface area contributed by atoms with Crippen LogP contribution in [0.5, 0.6) is 0 Å². The van der Waals surface area contributed by atoms with Gasteiger partial charge in [-0.2, -0.15) is 0 Å². The molecule has 1 aromatic carbocycles. The van der Waals surface area contributed by atoms with Crippen LogP contribution in [0.2, 0.25) is 0 Å². The first kappa shape index (κ1) is 34.5. The van der Waals surface area contributed by atoms with Gasteiger partial charge in [-0.05, 0) is 43.2 Å². The molecule has 0 radical (unpaired) electrons. The van der Waals surface area contributed by atoms with E-state index in [0.717, 1.165) is 10.9 Å². The van der Waals surface area contributed by atoms with Gasteiger partial charge < -0.3 is 48.3 Å². The third-order valence-electron chi connectivity index (χ3n) is 6.63. The van der Waals surface area contributed by atoms with E-state index in [1.807, 2.05) is 32.0 Å². The Balaban J connectivity index is 2.22. The number of benzene rings is 1. The van der Waals surface area contributed by atoms with Crippen molar-refractivity contribution in [1.82, 2.24) is 20.9 Å². The molecule has 0 bridgehead atoms. The van der Waals surface area contributed by atoms with Crippen LogP contribution in [0.25, 0.3) is 10.9 Å². The zero-order valence-electron chi connectivity index (χ0n) is 24.3. The molecule has 0 aliphatic carbocycles. The Bertz CT molecular complexity index is 1310. The lowest BCUT2D eigenvalue weighted by atomic mass is 10.0. The SMILES string of the molecule is CC(C)CC(N)C(=O)NC(CCCN=C(N)N)C(=O)NC(CCC(=O)O)C(=O)NC(Cc1c[nH]c2ccccc12)C(=O)O. The van der Waals surface area contributed by atoms with Crippen molar-refractivity contribution in [2.75, 3.05) is 6.54 Å². The van der Waals surface area contributed by atoms with Crippen LogP contribution in [0.3, 0.4) is 0 Å². The number of aromatic nitrogens is 1. The average Bonchev–Trinajstić information content (AvgIpc) is 3.33. The highest BCUT2D eigenvalue weighted by Crippen LogP contribution is 2.19. The molecule has 4 unspecified atom stereocenters. The van der Waals surface area contributed by atoms with Gasteiger partial charge in [0.05, 0.1) is 6.04 Å². The summed E-state index contributed by atoms with van der Waals surface area (Å²) in [5, 5.41) is 27.3. The van der Waals surface area contributed by atoms with Crippen LogP contribution in [0.1, 0.15) is 51.5 Å². The van der Waals surface area contributed by atoms with Crippen molar-refractivity contribution in [1.29, 1.82) is 0 Å². The standard InChI is InChI=1S/C28H42N8O7/c1-15(2)12-18(29)24(39)34-20(8-5-11-32-28(30)31)25(40)35-21(9-10-23(37)38)26(41)36-22(27(42)43)13-16-14-33-19-7-4-3-6-17(16)19/h3-4,6-7,14-15,18,20-22,33H,5,8-13,29H2,1-2H3,(H,34,39)(H,35,40)(H,36,41)(H,37,38)(H,42,43)(H4,30,31,32). The first-order chi connectivity index (χ1) is 20.3. The number of carbonyl (C=O) groups is 5. The number of nitrogens with two attached hydrogens (primary N) is 3. The van der Waals surface area contributed by atoms with E-state index >= 15 is 0 Å². The van der Waals surface area contributed by atoms with Gasteiger partial charge in [0.2, 0.25) is 17.7 Å². The van der Waals surface area contributed by atoms with E-state index in [-0.39, 0.29) is 44.1 Å². The molecule has 15 heteroatoms. The van der Waals surface area contributed by atoms with E-state index < -0.39 is 60.2 Å². The minimum Gasteiger partial charge on any atom is -0.481 e. The predicted octanol–water partition coefficient (Wildman–Crippen LogP) is -0.459. The zero-order valence-corrected chi connectivity index (χ0v) is 24.3. The number of para-hydroxylation sites is 1. The molecule has 0 fully saturated rings. The number of aliphatic carboxylic acids is 2. The topological polar surface area (TPSA) is 268 Å². The maximum absolute atomic E-state index is 13.3. The lowest BCUT2D eigenvalue weighted by Crippen LogP contribution is -2.57. The number of carboxylic acids is 2. The van der Waals surface area contributed by atoms with Crippen molar-refractivity contribution in [3.63, 3.8) is 0 Å². The second kappa shape index (κ2) is 16.7.